The summed E-state index contributed by atoms with van der Waals surface area (Å²) in [7, 11) is 0. The molecule has 2 rings (SSSR count). The minimum Gasteiger partial charge on any atom is -0.368 e. The standard InChI is InChI=1S/C15H22FN3O/c1-15(2,3)17-14(20)19-9-7-18(8-10-19)13-6-4-5-12(16)11-13/h4-6,11H,7-10H2,1-3H3,(H,17,20). The van der Waals surface area contributed by atoms with Crippen molar-refractivity contribution in [3.05, 3.63) is 30.1 Å². The molecule has 0 aromatic heterocycles. The van der Waals surface area contributed by atoms with Gasteiger partial charge in [-0.3, -0.25) is 0 Å². The van der Waals surface area contributed by atoms with Gasteiger partial charge in [0.15, 0.2) is 0 Å². The normalized spacial score (nSPS) is 16.2. The van der Waals surface area contributed by atoms with Gasteiger partial charge < -0.3 is 15.1 Å². The molecular weight excluding hydrogens is 257 g/mol. The number of hydrogen-bond donors (Lipinski definition) is 1. The van der Waals surface area contributed by atoms with Gasteiger partial charge in [-0.1, -0.05) is 6.07 Å². The van der Waals surface area contributed by atoms with Crippen molar-refractivity contribution in [2.24, 2.45) is 0 Å². The highest BCUT2D eigenvalue weighted by Gasteiger charge is 2.24. The summed E-state index contributed by atoms with van der Waals surface area (Å²) in [6, 6.07) is 6.55. The highest BCUT2D eigenvalue weighted by Crippen LogP contribution is 2.17. The van der Waals surface area contributed by atoms with Gasteiger partial charge >= 0.3 is 6.03 Å². The third-order valence-electron chi connectivity index (χ3n) is 3.22. The molecule has 1 aliphatic rings. The van der Waals surface area contributed by atoms with Crippen LogP contribution in [0.4, 0.5) is 14.9 Å². The smallest absolute Gasteiger partial charge is 0.317 e. The van der Waals surface area contributed by atoms with E-state index >= 15 is 0 Å². The molecular formula is C15H22FN3O. The minimum absolute atomic E-state index is 0.0311. The number of nitrogens with zero attached hydrogens (tertiary/aromatic N) is 2. The van der Waals surface area contributed by atoms with Crippen LogP contribution in [0.5, 0.6) is 0 Å². The molecule has 0 saturated carbocycles. The first kappa shape index (κ1) is 14.6. The van der Waals surface area contributed by atoms with Crippen LogP contribution in [0, 0.1) is 5.82 Å². The Morgan fingerprint density at radius 2 is 1.85 bits per heavy atom. The molecule has 0 unspecified atom stereocenters. The van der Waals surface area contributed by atoms with Crippen molar-refractivity contribution in [3.63, 3.8) is 0 Å². The first-order chi connectivity index (χ1) is 9.35. The number of carbonyl (C=O) groups excluding carboxylic acids is 1. The number of anilines is 1. The van der Waals surface area contributed by atoms with Gasteiger partial charge in [-0.05, 0) is 39.0 Å². The van der Waals surface area contributed by atoms with Crippen LogP contribution < -0.4 is 10.2 Å². The Kier molecular flexibility index (Phi) is 4.16. The second-order valence-corrected chi connectivity index (χ2v) is 6.13. The van der Waals surface area contributed by atoms with E-state index in [9.17, 15) is 9.18 Å². The third-order valence-corrected chi connectivity index (χ3v) is 3.22. The van der Waals surface area contributed by atoms with E-state index in [0.29, 0.717) is 13.1 Å². The number of amides is 2. The molecule has 1 fully saturated rings. The van der Waals surface area contributed by atoms with Gasteiger partial charge in [0.1, 0.15) is 5.82 Å². The fourth-order valence-corrected chi connectivity index (χ4v) is 2.24. The lowest BCUT2D eigenvalue weighted by Crippen LogP contribution is -2.55. The summed E-state index contributed by atoms with van der Waals surface area (Å²) < 4.78 is 13.2. The lowest BCUT2D eigenvalue weighted by molar-refractivity contribution is 0.185. The predicted octanol–water partition coefficient (Wildman–Crippen LogP) is 2.46. The number of urea groups is 1. The van der Waals surface area contributed by atoms with Crippen LogP contribution in [0.1, 0.15) is 20.8 Å². The summed E-state index contributed by atoms with van der Waals surface area (Å²) >= 11 is 0. The topological polar surface area (TPSA) is 35.6 Å². The number of nitrogens with one attached hydrogen (secondary N) is 1. The van der Waals surface area contributed by atoms with E-state index in [1.54, 1.807) is 11.0 Å². The van der Waals surface area contributed by atoms with Crippen LogP contribution in [0.25, 0.3) is 0 Å². The largest absolute Gasteiger partial charge is 0.368 e. The van der Waals surface area contributed by atoms with E-state index in [1.807, 2.05) is 26.8 Å². The molecule has 1 heterocycles. The Morgan fingerprint density at radius 3 is 2.40 bits per heavy atom. The van der Waals surface area contributed by atoms with Gasteiger partial charge in [0.05, 0.1) is 0 Å². The van der Waals surface area contributed by atoms with E-state index in [1.165, 1.54) is 12.1 Å². The fraction of sp³-hybridized carbons (Fsp3) is 0.533. The Morgan fingerprint density at radius 1 is 1.20 bits per heavy atom. The molecule has 4 nitrogen and oxygen atoms in total. The van der Waals surface area contributed by atoms with Crippen LogP contribution in [-0.2, 0) is 0 Å². The Balaban J connectivity index is 1.91. The summed E-state index contributed by atoms with van der Waals surface area (Å²) in [6.07, 6.45) is 0. The van der Waals surface area contributed by atoms with Crippen molar-refractivity contribution in [3.8, 4) is 0 Å². The molecule has 5 heteroatoms. The average molecular weight is 279 g/mol. The van der Waals surface area contributed by atoms with Crippen LogP contribution in [0.15, 0.2) is 24.3 Å². The molecule has 1 aliphatic heterocycles. The second-order valence-electron chi connectivity index (χ2n) is 6.13. The number of hydrogen-bond acceptors (Lipinski definition) is 2. The van der Waals surface area contributed by atoms with Gasteiger partial charge in [-0.15, -0.1) is 0 Å². The molecule has 0 aliphatic carbocycles. The summed E-state index contributed by atoms with van der Waals surface area (Å²) in [4.78, 5) is 16.0. The minimum atomic E-state index is -0.226. The quantitative estimate of drug-likeness (QED) is 0.857. The number of piperazine rings is 1. The maximum Gasteiger partial charge on any atom is 0.317 e. The summed E-state index contributed by atoms with van der Waals surface area (Å²) in [6.45, 7) is 8.65. The van der Waals surface area contributed by atoms with E-state index in [4.69, 9.17) is 0 Å². The van der Waals surface area contributed by atoms with Gasteiger partial charge in [-0.2, -0.15) is 0 Å². The van der Waals surface area contributed by atoms with Crippen molar-refractivity contribution >= 4 is 11.7 Å². The first-order valence-corrected chi connectivity index (χ1v) is 6.93. The summed E-state index contributed by atoms with van der Waals surface area (Å²) in [5.74, 6) is -0.226. The van der Waals surface area contributed by atoms with Gasteiger partial charge in [0, 0.05) is 37.4 Å². The van der Waals surface area contributed by atoms with Crippen LogP contribution >= 0.6 is 0 Å². The summed E-state index contributed by atoms with van der Waals surface area (Å²) in [5, 5.41) is 2.96. The molecule has 20 heavy (non-hydrogen) atoms. The van der Waals surface area contributed by atoms with Crippen LogP contribution in [0.3, 0.4) is 0 Å². The van der Waals surface area contributed by atoms with Gasteiger partial charge in [0.2, 0.25) is 0 Å². The van der Waals surface area contributed by atoms with Crippen molar-refractivity contribution in [2.45, 2.75) is 26.3 Å². The maximum atomic E-state index is 13.2. The average Bonchev–Trinajstić information content (AvgIpc) is 2.37. The molecule has 2 amide bonds. The lowest BCUT2D eigenvalue weighted by atomic mass is 10.1. The predicted molar refractivity (Wildman–Crippen MR) is 78.5 cm³/mol. The maximum absolute atomic E-state index is 13.2. The number of rotatable bonds is 1. The highest BCUT2D eigenvalue weighted by molar-refractivity contribution is 5.75. The van der Waals surface area contributed by atoms with Gasteiger partial charge in [0.25, 0.3) is 0 Å². The molecule has 0 bridgehead atoms. The number of carbonyl (C=O) groups is 1. The van der Waals surface area contributed by atoms with E-state index in [-0.39, 0.29) is 17.4 Å². The SMILES string of the molecule is CC(C)(C)NC(=O)N1CCN(c2cccc(F)c2)CC1. The molecule has 1 saturated heterocycles. The van der Waals surface area contributed by atoms with Crippen molar-refractivity contribution in [2.75, 3.05) is 31.1 Å². The Labute approximate surface area is 119 Å². The van der Waals surface area contributed by atoms with E-state index in [2.05, 4.69) is 10.2 Å². The lowest BCUT2D eigenvalue weighted by Gasteiger charge is -2.37. The van der Waals surface area contributed by atoms with Crippen LogP contribution in [0.2, 0.25) is 0 Å². The zero-order valence-electron chi connectivity index (χ0n) is 12.3. The third kappa shape index (κ3) is 3.85. The van der Waals surface area contributed by atoms with E-state index in [0.717, 1.165) is 18.8 Å². The van der Waals surface area contributed by atoms with Gasteiger partial charge in [-0.25, -0.2) is 9.18 Å². The van der Waals surface area contributed by atoms with Crippen molar-refractivity contribution < 1.29 is 9.18 Å². The molecule has 0 radical (unpaired) electrons. The molecule has 1 aromatic carbocycles. The van der Waals surface area contributed by atoms with E-state index < -0.39 is 0 Å². The van der Waals surface area contributed by atoms with Crippen molar-refractivity contribution in [1.29, 1.82) is 0 Å². The summed E-state index contributed by atoms with van der Waals surface area (Å²) in [5.41, 5.74) is 0.650. The molecule has 110 valence electrons. The monoisotopic (exact) mass is 279 g/mol. The van der Waals surface area contributed by atoms with Crippen LogP contribution in [-0.4, -0.2) is 42.6 Å². The zero-order chi connectivity index (χ0) is 14.8. The highest BCUT2D eigenvalue weighted by atomic mass is 19.1. The molecule has 1 aromatic rings. The van der Waals surface area contributed by atoms with Crippen molar-refractivity contribution in [1.82, 2.24) is 10.2 Å². The fourth-order valence-electron chi connectivity index (χ4n) is 2.24. The Bertz CT molecular complexity index is 476. The molecule has 0 spiro atoms. The first-order valence-electron chi connectivity index (χ1n) is 6.93. The number of halogens is 1. The zero-order valence-corrected chi connectivity index (χ0v) is 12.3. The number of benzene rings is 1. The second kappa shape index (κ2) is 5.69. The molecule has 0 atom stereocenters. The molecule has 1 N–H and O–H groups in total. The Hall–Kier alpha value is -1.78.